The van der Waals surface area contributed by atoms with Crippen LogP contribution in [0.1, 0.15) is 0 Å². The molecule has 16 atom stereocenters. The molecular formula is C21H36O17. The second-order valence-corrected chi connectivity index (χ2v) is 9.43. The molecule has 4 saturated heterocycles. The molecule has 0 saturated carbocycles. The second kappa shape index (κ2) is 12.9. The van der Waals surface area contributed by atoms with Gasteiger partial charge < -0.3 is 83.9 Å². The summed E-state index contributed by atoms with van der Waals surface area (Å²) in [6, 6.07) is 0. The Morgan fingerprint density at radius 1 is 0.500 bits per heavy atom. The van der Waals surface area contributed by atoms with Gasteiger partial charge in [-0.3, -0.25) is 0 Å². The third kappa shape index (κ3) is 5.85. The minimum atomic E-state index is -1.58. The Balaban J connectivity index is 1.44. The average molecular weight is 561 g/mol. The molecule has 0 unspecified atom stereocenters. The molecule has 9 N–H and O–H groups in total. The molecule has 0 aromatic rings. The fraction of sp³-hybridized carbons (Fsp3) is 1.00. The van der Waals surface area contributed by atoms with E-state index in [1.807, 2.05) is 0 Å². The lowest BCUT2D eigenvalue weighted by atomic mass is 10.1. The van der Waals surface area contributed by atoms with E-state index < -0.39 is 118 Å². The maximum atomic E-state index is 10.7. The van der Waals surface area contributed by atoms with Crippen LogP contribution in [0.3, 0.4) is 0 Å². The van der Waals surface area contributed by atoms with Crippen LogP contribution in [0.15, 0.2) is 0 Å². The lowest BCUT2D eigenvalue weighted by Crippen LogP contribution is -2.47. The summed E-state index contributed by atoms with van der Waals surface area (Å²) in [4.78, 5) is 0. The van der Waals surface area contributed by atoms with Gasteiger partial charge in [-0.15, -0.1) is 0 Å². The summed E-state index contributed by atoms with van der Waals surface area (Å²) in [6.45, 7) is -2.16. The summed E-state index contributed by atoms with van der Waals surface area (Å²) in [6.07, 6.45) is -21.4. The SMILES string of the molecule is CO[C@H]1O[C@H](CO[C@H]2O[C@H](CO)[C@@H](O)[C@@H]2O)[C@@H](O[C@H]2O[C@H](CO)[C@@H](O)[C@@H]2O[C@@H]2O[C@H](CO)[C@@H](O)[C@@H]2O)[C@@H]1O. The van der Waals surface area contributed by atoms with Gasteiger partial charge in [0.05, 0.1) is 26.4 Å². The van der Waals surface area contributed by atoms with Crippen LogP contribution in [-0.2, 0) is 37.9 Å². The van der Waals surface area contributed by atoms with E-state index in [-0.39, 0.29) is 6.61 Å². The molecule has 17 nitrogen and oxygen atoms in total. The second-order valence-electron chi connectivity index (χ2n) is 9.43. The van der Waals surface area contributed by atoms with Gasteiger partial charge in [0.2, 0.25) is 0 Å². The molecule has 4 aliphatic heterocycles. The van der Waals surface area contributed by atoms with Crippen molar-refractivity contribution in [1.82, 2.24) is 0 Å². The fourth-order valence-corrected chi connectivity index (χ4v) is 4.79. The third-order valence-corrected chi connectivity index (χ3v) is 7.00. The molecule has 0 aliphatic carbocycles. The van der Waals surface area contributed by atoms with Crippen LogP contribution >= 0.6 is 0 Å². The maximum Gasteiger partial charge on any atom is 0.187 e. The van der Waals surface area contributed by atoms with E-state index >= 15 is 0 Å². The van der Waals surface area contributed by atoms with E-state index in [0.717, 1.165) is 0 Å². The zero-order valence-electron chi connectivity index (χ0n) is 20.4. The van der Waals surface area contributed by atoms with Gasteiger partial charge in [0.1, 0.15) is 73.2 Å². The summed E-state index contributed by atoms with van der Waals surface area (Å²) in [5.74, 6) is 0. The van der Waals surface area contributed by atoms with Gasteiger partial charge in [0.15, 0.2) is 25.2 Å². The number of hydrogen-bond acceptors (Lipinski definition) is 17. The van der Waals surface area contributed by atoms with Gasteiger partial charge in [-0.05, 0) is 0 Å². The molecule has 0 amide bonds. The van der Waals surface area contributed by atoms with Gasteiger partial charge in [-0.2, -0.15) is 0 Å². The van der Waals surface area contributed by atoms with Gasteiger partial charge in [-0.1, -0.05) is 0 Å². The number of hydrogen-bond donors (Lipinski definition) is 9. The predicted molar refractivity (Wildman–Crippen MR) is 115 cm³/mol. The molecule has 0 bridgehead atoms. The number of aliphatic hydroxyl groups excluding tert-OH is 9. The van der Waals surface area contributed by atoms with Crippen molar-refractivity contribution < 1.29 is 83.9 Å². The Hall–Kier alpha value is -0.680. The first kappa shape index (κ1) is 30.3. The van der Waals surface area contributed by atoms with Crippen molar-refractivity contribution in [3.8, 4) is 0 Å². The molecule has 0 radical (unpaired) electrons. The Labute approximate surface area is 216 Å². The first-order valence-electron chi connectivity index (χ1n) is 12.1. The van der Waals surface area contributed by atoms with Crippen molar-refractivity contribution >= 4 is 0 Å². The number of methoxy groups -OCH3 is 1. The summed E-state index contributed by atoms with van der Waals surface area (Å²) >= 11 is 0. The molecule has 0 aromatic carbocycles. The molecular weight excluding hydrogens is 524 g/mol. The van der Waals surface area contributed by atoms with Crippen molar-refractivity contribution in [2.24, 2.45) is 0 Å². The standard InChI is InChI=1S/C21H36O17/c1-31-18-15(30)16(9(36-18)5-32-19-13(28)10(25)6(2-22)33-19)37-21-17(12(27)8(4-24)35-21)38-20-14(29)11(26)7(3-23)34-20/h6-30H,2-5H2,1H3/t6-,7-,8-,9-,10-,11-,12-,13+,14+,15+,16-,17+,18+,19+,20+,21-/m1/s1. The lowest BCUT2D eigenvalue weighted by molar-refractivity contribution is -0.266. The van der Waals surface area contributed by atoms with Crippen LogP contribution in [0.4, 0.5) is 0 Å². The van der Waals surface area contributed by atoms with Gasteiger partial charge in [-0.25, -0.2) is 0 Å². The molecule has 0 aromatic heterocycles. The summed E-state index contributed by atoms with van der Waals surface area (Å²) < 4.78 is 43.9. The van der Waals surface area contributed by atoms with Gasteiger partial charge in [0, 0.05) is 7.11 Å². The predicted octanol–water partition coefficient (Wildman–Crippen LogP) is -6.54. The zero-order chi connectivity index (χ0) is 27.7. The smallest absolute Gasteiger partial charge is 0.187 e. The lowest BCUT2D eigenvalue weighted by Gasteiger charge is -2.29. The van der Waals surface area contributed by atoms with E-state index in [4.69, 9.17) is 37.9 Å². The first-order chi connectivity index (χ1) is 18.1. The monoisotopic (exact) mass is 560 g/mol. The molecule has 222 valence electrons. The number of aliphatic hydroxyl groups is 9. The molecule has 17 heteroatoms. The van der Waals surface area contributed by atoms with E-state index in [1.54, 1.807) is 0 Å². The highest BCUT2D eigenvalue weighted by atomic mass is 16.8. The van der Waals surface area contributed by atoms with Crippen molar-refractivity contribution in [3.05, 3.63) is 0 Å². The highest BCUT2D eigenvalue weighted by molar-refractivity contribution is 4.95. The van der Waals surface area contributed by atoms with Crippen molar-refractivity contribution in [2.75, 3.05) is 33.5 Å². The molecule has 4 heterocycles. The average Bonchev–Trinajstić information content (AvgIpc) is 3.57. The summed E-state index contributed by atoms with van der Waals surface area (Å²) in [5, 5.41) is 89.7. The molecule has 0 spiro atoms. The topological polar surface area (TPSA) is 256 Å². The van der Waals surface area contributed by atoms with Crippen molar-refractivity contribution in [3.63, 3.8) is 0 Å². The first-order valence-corrected chi connectivity index (χ1v) is 12.1. The van der Waals surface area contributed by atoms with E-state index in [2.05, 4.69) is 0 Å². The van der Waals surface area contributed by atoms with E-state index in [0.29, 0.717) is 0 Å². The van der Waals surface area contributed by atoms with Crippen LogP contribution < -0.4 is 0 Å². The Kier molecular flexibility index (Phi) is 10.3. The number of ether oxygens (including phenoxy) is 8. The quantitative estimate of drug-likeness (QED) is 0.114. The summed E-state index contributed by atoms with van der Waals surface area (Å²) in [7, 11) is 1.27. The molecule has 38 heavy (non-hydrogen) atoms. The highest BCUT2D eigenvalue weighted by Crippen LogP contribution is 2.34. The van der Waals surface area contributed by atoms with Crippen LogP contribution in [0, 0.1) is 0 Å². The largest absolute Gasteiger partial charge is 0.394 e. The Morgan fingerprint density at radius 2 is 0.974 bits per heavy atom. The van der Waals surface area contributed by atoms with Crippen molar-refractivity contribution in [1.29, 1.82) is 0 Å². The maximum absolute atomic E-state index is 10.7. The molecule has 4 fully saturated rings. The molecule has 4 rings (SSSR count). The fourth-order valence-electron chi connectivity index (χ4n) is 4.79. The normalized spacial score (nSPS) is 51.3. The van der Waals surface area contributed by atoms with Gasteiger partial charge in [0.25, 0.3) is 0 Å². The molecule has 4 aliphatic rings. The van der Waals surface area contributed by atoms with Crippen LogP contribution in [-0.4, -0.2) is 178 Å². The number of rotatable bonds is 11. The minimum absolute atomic E-state index is 0.354. The van der Waals surface area contributed by atoms with Gasteiger partial charge >= 0.3 is 0 Å². The van der Waals surface area contributed by atoms with Crippen molar-refractivity contribution in [2.45, 2.75) is 98.4 Å². The Morgan fingerprint density at radius 3 is 1.53 bits per heavy atom. The Bertz CT molecular complexity index is 747. The third-order valence-electron chi connectivity index (χ3n) is 7.00. The highest BCUT2D eigenvalue weighted by Gasteiger charge is 2.54. The van der Waals surface area contributed by atoms with Crippen LogP contribution in [0.25, 0.3) is 0 Å². The summed E-state index contributed by atoms with van der Waals surface area (Å²) in [5.41, 5.74) is 0. The van der Waals surface area contributed by atoms with Crippen LogP contribution in [0.2, 0.25) is 0 Å². The minimum Gasteiger partial charge on any atom is -0.394 e. The zero-order valence-corrected chi connectivity index (χ0v) is 20.4. The van der Waals surface area contributed by atoms with E-state index in [1.165, 1.54) is 7.11 Å². The van der Waals surface area contributed by atoms with E-state index in [9.17, 15) is 46.0 Å². The van der Waals surface area contributed by atoms with Crippen LogP contribution in [0.5, 0.6) is 0 Å².